The van der Waals surface area contributed by atoms with Crippen LogP contribution in [0.15, 0.2) is 24.3 Å². The minimum atomic E-state index is -0.817. The molecule has 4 nitrogen and oxygen atoms in total. The fraction of sp³-hybridized carbons (Fsp3) is 0.562. The van der Waals surface area contributed by atoms with E-state index in [2.05, 4.69) is 13.8 Å². The van der Waals surface area contributed by atoms with Gasteiger partial charge >= 0.3 is 5.97 Å². The van der Waals surface area contributed by atoms with Crippen LogP contribution >= 0.6 is 0 Å². The molecular formula is C16H23NO3. The Morgan fingerprint density at radius 2 is 2.05 bits per heavy atom. The Labute approximate surface area is 120 Å². The van der Waals surface area contributed by atoms with Gasteiger partial charge in [0, 0.05) is 12.2 Å². The van der Waals surface area contributed by atoms with Crippen molar-refractivity contribution in [2.24, 2.45) is 0 Å². The lowest BCUT2D eigenvalue weighted by Gasteiger charge is -2.27. The molecule has 1 unspecified atom stereocenters. The molecule has 0 aliphatic carbocycles. The lowest BCUT2D eigenvalue weighted by Crippen LogP contribution is -2.37. The van der Waals surface area contributed by atoms with Gasteiger partial charge in [-0.2, -0.15) is 0 Å². The Balaban J connectivity index is 2.08. The molecule has 1 saturated heterocycles. The highest BCUT2D eigenvalue weighted by molar-refractivity contribution is 5.73. The Hall–Kier alpha value is -1.55. The molecule has 0 radical (unpaired) electrons. The van der Waals surface area contributed by atoms with Gasteiger partial charge in [0.05, 0.1) is 11.7 Å². The number of anilines is 1. The molecular weight excluding hydrogens is 254 g/mol. The highest BCUT2D eigenvalue weighted by Crippen LogP contribution is 2.30. The summed E-state index contributed by atoms with van der Waals surface area (Å²) in [6.07, 6.45) is 2.10. The number of aryl methyl sites for hydroxylation is 1. The quantitative estimate of drug-likeness (QED) is 0.899. The van der Waals surface area contributed by atoms with Crippen molar-refractivity contribution in [1.29, 1.82) is 0 Å². The van der Waals surface area contributed by atoms with Crippen LogP contribution in [-0.2, 0) is 9.53 Å². The first-order chi connectivity index (χ1) is 9.35. The number of hydrogen-bond donors (Lipinski definition) is 1. The van der Waals surface area contributed by atoms with Crippen LogP contribution in [0.4, 0.5) is 5.69 Å². The van der Waals surface area contributed by atoms with E-state index in [1.54, 1.807) is 0 Å². The molecule has 1 N–H and O–H groups in total. The van der Waals surface area contributed by atoms with Gasteiger partial charge in [0.1, 0.15) is 6.54 Å². The zero-order valence-electron chi connectivity index (χ0n) is 12.4. The second-order valence-corrected chi connectivity index (χ2v) is 6.15. The predicted octanol–water partition coefficient (Wildman–Crippen LogP) is 2.84. The minimum absolute atomic E-state index is 0.00332. The number of rotatable bonds is 5. The summed E-state index contributed by atoms with van der Waals surface area (Å²) in [6.45, 7) is 6.82. The van der Waals surface area contributed by atoms with Gasteiger partial charge < -0.3 is 14.7 Å². The van der Waals surface area contributed by atoms with Crippen LogP contribution in [0, 0.1) is 6.92 Å². The van der Waals surface area contributed by atoms with E-state index in [0.717, 1.165) is 18.5 Å². The summed E-state index contributed by atoms with van der Waals surface area (Å²) in [7, 11) is 0. The van der Waals surface area contributed by atoms with Crippen molar-refractivity contribution in [3.05, 3.63) is 29.8 Å². The molecule has 0 aromatic heterocycles. The van der Waals surface area contributed by atoms with E-state index in [4.69, 9.17) is 9.84 Å². The molecule has 0 spiro atoms. The molecule has 1 atom stereocenters. The maximum absolute atomic E-state index is 11.1. The van der Waals surface area contributed by atoms with E-state index < -0.39 is 5.97 Å². The number of aliphatic carboxylic acids is 1. The highest BCUT2D eigenvalue weighted by Gasteiger charge is 2.32. The molecule has 20 heavy (non-hydrogen) atoms. The first-order valence-electron chi connectivity index (χ1n) is 7.07. The first kappa shape index (κ1) is 14.9. The molecule has 0 bridgehead atoms. The van der Waals surface area contributed by atoms with Crippen LogP contribution in [0.2, 0.25) is 0 Å². The Kier molecular flexibility index (Phi) is 4.33. The van der Waals surface area contributed by atoms with Gasteiger partial charge in [-0.15, -0.1) is 0 Å². The van der Waals surface area contributed by atoms with Crippen molar-refractivity contribution in [3.63, 3.8) is 0 Å². The summed E-state index contributed by atoms with van der Waals surface area (Å²) in [5.41, 5.74) is 2.01. The van der Waals surface area contributed by atoms with Gasteiger partial charge in [-0.3, -0.25) is 4.79 Å². The van der Waals surface area contributed by atoms with E-state index in [9.17, 15) is 4.79 Å². The van der Waals surface area contributed by atoms with Crippen molar-refractivity contribution in [2.45, 2.75) is 45.3 Å². The fourth-order valence-electron chi connectivity index (χ4n) is 2.63. The van der Waals surface area contributed by atoms with Crippen LogP contribution in [0.1, 0.15) is 32.3 Å². The number of benzene rings is 1. The smallest absolute Gasteiger partial charge is 0.323 e. The summed E-state index contributed by atoms with van der Waals surface area (Å²) in [5.74, 6) is -0.817. The zero-order chi connectivity index (χ0) is 14.8. The molecule has 1 heterocycles. The lowest BCUT2D eigenvalue weighted by molar-refractivity contribution is -0.135. The average molecular weight is 277 g/mol. The third-order valence-corrected chi connectivity index (χ3v) is 3.70. The van der Waals surface area contributed by atoms with Crippen molar-refractivity contribution < 1.29 is 14.6 Å². The number of ether oxygens (including phenoxy) is 1. The summed E-state index contributed by atoms with van der Waals surface area (Å²) in [5, 5.41) is 9.09. The van der Waals surface area contributed by atoms with Crippen molar-refractivity contribution in [2.75, 3.05) is 18.0 Å². The highest BCUT2D eigenvalue weighted by atomic mass is 16.5. The topological polar surface area (TPSA) is 49.8 Å². The van der Waals surface area contributed by atoms with Crippen molar-refractivity contribution in [1.82, 2.24) is 0 Å². The molecule has 2 rings (SSSR count). The number of hydrogen-bond acceptors (Lipinski definition) is 3. The van der Waals surface area contributed by atoms with Gasteiger partial charge in [-0.1, -0.05) is 17.7 Å². The van der Waals surface area contributed by atoms with Crippen molar-refractivity contribution in [3.8, 4) is 0 Å². The van der Waals surface area contributed by atoms with Crippen molar-refractivity contribution >= 4 is 11.7 Å². The summed E-state index contributed by atoms with van der Waals surface area (Å²) >= 11 is 0. The molecule has 110 valence electrons. The molecule has 1 aromatic carbocycles. The number of carboxylic acid groups (broad SMARTS) is 1. The molecule has 0 saturated carbocycles. The molecule has 1 aliphatic heterocycles. The Bertz CT molecular complexity index is 467. The Morgan fingerprint density at radius 3 is 2.55 bits per heavy atom. The summed E-state index contributed by atoms with van der Waals surface area (Å²) in [6, 6.07) is 7.95. The first-order valence-corrected chi connectivity index (χ1v) is 7.07. The van der Waals surface area contributed by atoms with Crippen LogP contribution in [0.25, 0.3) is 0 Å². The molecule has 1 aromatic rings. The third-order valence-electron chi connectivity index (χ3n) is 3.70. The van der Waals surface area contributed by atoms with Gasteiger partial charge in [0.15, 0.2) is 0 Å². The standard InChI is InChI=1S/C16H23NO3/c1-12-4-6-13(7-5-12)17(11-15(18)19)10-14-8-9-16(2,3)20-14/h4-7,14H,8-11H2,1-3H3,(H,18,19). The van der Waals surface area contributed by atoms with E-state index in [1.807, 2.05) is 36.1 Å². The van der Waals surface area contributed by atoms with E-state index in [0.29, 0.717) is 6.54 Å². The third kappa shape index (κ3) is 3.97. The van der Waals surface area contributed by atoms with E-state index >= 15 is 0 Å². The second kappa shape index (κ2) is 5.83. The molecule has 1 aliphatic rings. The fourth-order valence-corrected chi connectivity index (χ4v) is 2.63. The Morgan fingerprint density at radius 1 is 1.40 bits per heavy atom. The number of carboxylic acids is 1. The van der Waals surface area contributed by atoms with E-state index in [-0.39, 0.29) is 18.2 Å². The monoisotopic (exact) mass is 277 g/mol. The second-order valence-electron chi connectivity index (χ2n) is 6.15. The normalized spacial score (nSPS) is 20.9. The maximum atomic E-state index is 11.1. The van der Waals surface area contributed by atoms with Crippen LogP contribution in [-0.4, -0.2) is 35.9 Å². The molecule has 1 fully saturated rings. The summed E-state index contributed by atoms with van der Waals surface area (Å²) < 4.78 is 5.97. The average Bonchev–Trinajstić information content (AvgIpc) is 2.68. The summed E-state index contributed by atoms with van der Waals surface area (Å²) in [4.78, 5) is 13.0. The van der Waals surface area contributed by atoms with Crippen LogP contribution < -0.4 is 4.90 Å². The van der Waals surface area contributed by atoms with Crippen LogP contribution in [0.5, 0.6) is 0 Å². The molecule has 0 amide bonds. The zero-order valence-corrected chi connectivity index (χ0v) is 12.4. The van der Waals surface area contributed by atoms with Gasteiger partial charge in [0.2, 0.25) is 0 Å². The lowest BCUT2D eigenvalue weighted by atomic mass is 10.1. The number of carbonyl (C=O) groups is 1. The van der Waals surface area contributed by atoms with E-state index in [1.165, 1.54) is 5.56 Å². The minimum Gasteiger partial charge on any atom is -0.480 e. The maximum Gasteiger partial charge on any atom is 0.323 e. The number of nitrogens with zero attached hydrogens (tertiary/aromatic N) is 1. The molecule has 4 heteroatoms. The van der Waals surface area contributed by atoms with Gasteiger partial charge in [0.25, 0.3) is 0 Å². The largest absolute Gasteiger partial charge is 0.480 e. The predicted molar refractivity (Wildman–Crippen MR) is 79.2 cm³/mol. The van der Waals surface area contributed by atoms with Gasteiger partial charge in [-0.05, 0) is 45.7 Å². The SMILES string of the molecule is Cc1ccc(N(CC(=O)O)CC2CCC(C)(C)O2)cc1. The van der Waals surface area contributed by atoms with Gasteiger partial charge in [-0.25, -0.2) is 0 Å². The van der Waals surface area contributed by atoms with Crippen LogP contribution in [0.3, 0.4) is 0 Å².